The van der Waals surface area contributed by atoms with Crippen LogP contribution in [0.15, 0.2) is 29.5 Å². The highest BCUT2D eigenvalue weighted by Crippen LogP contribution is 2.51. The smallest absolute Gasteiger partial charge is 0.0180 e. The fraction of sp³-hybridized carbons (Fsp3) is 0.500. The summed E-state index contributed by atoms with van der Waals surface area (Å²) in [5.74, 6) is 0. The summed E-state index contributed by atoms with van der Waals surface area (Å²) >= 11 is 0. The van der Waals surface area contributed by atoms with Crippen molar-refractivity contribution < 1.29 is 0 Å². The topological polar surface area (TPSA) is 0 Å². The largest absolute Gasteiger partial charge is 0.122 e. The summed E-state index contributed by atoms with van der Waals surface area (Å²) in [4.78, 5) is 0. The predicted octanol–water partition coefficient (Wildman–Crippen LogP) is 3.07. The standard InChI is InChI=1S/C10H14/c1-5-10(4)7-9(10)6-8(2)3/h5H,1,7H2,2-4H3. The second-order valence-corrected chi connectivity index (χ2v) is 3.40. The first-order chi connectivity index (χ1) is 4.58. The molecule has 0 saturated heterocycles. The van der Waals surface area contributed by atoms with Crippen LogP contribution in [0.4, 0.5) is 0 Å². The molecule has 0 aromatic heterocycles. The number of rotatable bonds is 1. The van der Waals surface area contributed by atoms with Crippen molar-refractivity contribution in [3.63, 3.8) is 0 Å². The van der Waals surface area contributed by atoms with E-state index in [-0.39, 0.29) is 5.41 Å². The Balaban J connectivity index is 2.88. The molecule has 0 radical (unpaired) electrons. The molecule has 54 valence electrons. The van der Waals surface area contributed by atoms with Gasteiger partial charge in [-0.15, -0.1) is 12.3 Å². The molecular weight excluding hydrogens is 120 g/mol. The zero-order chi connectivity index (χ0) is 7.78. The lowest BCUT2D eigenvalue weighted by atomic mass is 10.1. The van der Waals surface area contributed by atoms with Crippen molar-refractivity contribution in [2.45, 2.75) is 27.2 Å². The fourth-order valence-corrected chi connectivity index (χ4v) is 1.01. The molecule has 0 bridgehead atoms. The minimum absolute atomic E-state index is 0.289. The Labute approximate surface area is 62.9 Å². The SMILES string of the molecule is C=CC1(C)CC1=C=C(C)C. The van der Waals surface area contributed by atoms with E-state index < -0.39 is 0 Å². The van der Waals surface area contributed by atoms with Crippen molar-refractivity contribution in [3.8, 4) is 0 Å². The second kappa shape index (κ2) is 2.14. The summed E-state index contributed by atoms with van der Waals surface area (Å²) in [5, 5.41) is 0. The number of allylic oxidation sites excluding steroid dienone is 2. The van der Waals surface area contributed by atoms with E-state index in [1.165, 1.54) is 11.1 Å². The summed E-state index contributed by atoms with van der Waals surface area (Å²) in [5.41, 5.74) is 6.28. The van der Waals surface area contributed by atoms with Gasteiger partial charge in [-0.2, -0.15) is 0 Å². The second-order valence-electron chi connectivity index (χ2n) is 3.40. The Morgan fingerprint density at radius 2 is 2.30 bits per heavy atom. The maximum atomic E-state index is 3.78. The monoisotopic (exact) mass is 134 g/mol. The van der Waals surface area contributed by atoms with Crippen LogP contribution in [0, 0.1) is 5.41 Å². The molecule has 1 saturated carbocycles. The van der Waals surface area contributed by atoms with Gasteiger partial charge in [0.25, 0.3) is 0 Å². The van der Waals surface area contributed by atoms with Crippen LogP contribution in [0.5, 0.6) is 0 Å². The molecular formula is C10H14. The van der Waals surface area contributed by atoms with Crippen molar-refractivity contribution in [1.29, 1.82) is 0 Å². The molecule has 0 heteroatoms. The quantitative estimate of drug-likeness (QED) is 0.382. The third-order valence-corrected chi connectivity index (χ3v) is 1.96. The molecule has 1 aliphatic carbocycles. The summed E-state index contributed by atoms with van der Waals surface area (Å²) < 4.78 is 0. The van der Waals surface area contributed by atoms with E-state index in [0.717, 1.165) is 6.42 Å². The summed E-state index contributed by atoms with van der Waals surface area (Å²) in [6.07, 6.45) is 3.17. The summed E-state index contributed by atoms with van der Waals surface area (Å²) in [7, 11) is 0. The van der Waals surface area contributed by atoms with Gasteiger partial charge in [0, 0.05) is 5.41 Å². The molecule has 0 aromatic carbocycles. The molecule has 10 heavy (non-hydrogen) atoms. The number of hydrogen-bond acceptors (Lipinski definition) is 0. The van der Waals surface area contributed by atoms with Crippen LogP contribution in [0.1, 0.15) is 27.2 Å². The van der Waals surface area contributed by atoms with Gasteiger partial charge >= 0.3 is 0 Å². The van der Waals surface area contributed by atoms with Crippen LogP contribution >= 0.6 is 0 Å². The summed E-state index contributed by atoms with van der Waals surface area (Å²) in [6.45, 7) is 10.1. The van der Waals surface area contributed by atoms with Gasteiger partial charge in [0.15, 0.2) is 0 Å². The molecule has 1 aliphatic rings. The maximum Gasteiger partial charge on any atom is 0.0180 e. The highest BCUT2D eigenvalue weighted by atomic mass is 14.4. The van der Waals surface area contributed by atoms with Crippen LogP contribution in [-0.4, -0.2) is 0 Å². The Hall–Kier alpha value is -0.740. The van der Waals surface area contributed by atoms with E-state index >= 15 is 0 Å². The van der Waals surface area contributed by atoms with E-state index in [9.17, 15) is 0 Å². The minimum Gasteiger partial charge on any atom is -0.122 e. The van der Waals surface area contributed by atoms with Gasteiger partial charge < -0.3 is 0 Å². The average Bonchev–Trinajstić information content (AvgIpc) is 2.43. The zero-order valence-corrected chi connectivity index (χ0v) is 6.99. The van der Waals surface area contributed by atoms with Gasteiger partial charge in [0.05, 0.1) is 0 Å². The van der Waals surface area contributed by atoms with E-state index in [1.807, 2.05) is 6.08 Å². The molecule has 0 spiro atoms. The van der Waals surface area contributed by atoms with Crippen molar-refractivity contribution in [2.24, 2.45) is 5.41 Å². The zero-order valence-electron chi connectivity index (χ0n) is 6.99. The lowest BCUT2D eigenvalue weighted by Crippen LogP contribution is -1.82. The first-order valence-corrected chi connectivity index (χ1v) is 3.65. The third-order valence-electron chi connectivity index (χ3n) is 1.96. The fourth-order valence-electron chi connectivity index (χ4n) is 1.01. The van der Waals surface area contributed by atoms with Gasteiger partial charge in [0.1, 0.15) is 0 Å². The highest BCUT2D eigenvalue weighted by Gasteiger charge is 2.40. The molecule has 1 atom stereocenters. The molecule has 1 unspecified atom stereocenters. The van der Waals surface area contributed by atoms with Crippen molar-refractivity contribution in [2.75, 3.05) is 0 Å². The van der Waals surface area contributed by atoms with Crippen LogP contribution < -0.4 is 0 Å². The van der Waals surface area contributed by atoms with Gasteiger partial charge in [-0.05, 0) is 31.4 Å². The first kappa shape index (κ1) is 7.37. The van der Waals surface area contributed by atoms with Gasteiger partial charge in [-0.1, -0.05) is 13.0 Å². The molecule has 0 amide bonds. The molecule has 0 aromatic rings. The van der Waals surface area contributed by atoms with E-state index in [1.54, 1.807) is 0 Å². The molecule has 0 heterocycles. The minimum atomic E-state index is 0.289. The van der Waals surface area contributed by atoms with Gasteiger partial charge in [0.2, 0.25) is 0 Å². The van der Waals surface area contributed by atoms with Crippen LogP contribution in [0.2, 0.25) is 0 Å². The summed E-state index contributed by atoms with van der Waals surface area (Å²) in [6, 6.07) is 0. The molecule has 0 aliphatic heterocycles. The lowest BCUT2D eigenvalue weighted by molar-refractivity contribution is 0.786. The normalized spacial score (nSPS) is 29.3. The Morgan fingerprint density at radius 3 is 2.60 bits per heavy atom. The average molecular weight is 134 g/mol. The Bertz CT molecular complexity index is 222. The Morgan fingerprint density at radius 1 is 1.70 bits per heavy atom. The first-order valence-electron chi connectivity index (χ1n) is 3.65. The lowest BCUT2D eigenvalue weighted by Gasteiger charge is -1.92. The molecule has 0 nitrogen and oxygen atoms in total. The molecule has 1 fully saturated rings. The van der Waals surface area contributed by atoms with Gasteiger partial charge in [-0.3, -0.25) is 0 Å². The van der Waals surface area contributed by atoms with E-state index in [4.69, 9.17) is 0 Å². The van der Waals surface area contributed by atoms with Crippen molar-refractivity contribution >= 4 is 0 Å². The molecule has 1 rings (SSSR count). The Kier molecular flexibility index (Phi) is 1.58. The van der Waals surface area contributed by atoms with E-state index in [0.29, 0.717) is 0 Å². The van der Waals surface area contributed by atoms with Crippen LogP contribution in [-0.2, 0) is 0 Å². The van der Waals surface area contributed by atoms with Crippen LogP contribution in [0.25, 0.3) is 0 Å². The van der Waals surface area contributed by atoms with Crippen molar-refractivity contribution in [3.05, 3.63) is 29.5 Å². The van der Waals surface area contributed by atoms with Crippen LogP contribution in [0.3, 0.4) is 0 Å². The van der Waals surface area contributed by atoms with Gasteiger partial charge in [-0.25, -0.2) is 0 Å². The highest BCUT2D eigenvalue weighted by molar-refractivity contribution is 5.36. The number of hydrogen-bond donors (Lipinski definition) is 0. The maximum absolute atomic E-state index is 3.78. The van der Waals surface area contributed by atoms with Crippen molar-refractivity contribution in [1.82, 2.24) is 0 Å². The molecule has 0 N–H and O–H groups in total. The van der Waals surface area contributed by atoms with E-state index in [2.05, 4.69) is 33.1 Å². The third kappa shape index (κ3) is 1.22. The predicted molar refractivity (Wildman–Crippen MR) is 44.8 cm³/mol.